The third-order valence-electron chi connectivity index (χ3n) is 5.78. The first-order valence-corrected chi connectivity index (χ1v) is 13.2. The summed E-state index contributed by atoms with van der Waals surface area (Å²) in [7, 11) is -3.14. The lowest BCUT2D eigenvalue weighted by atomic mass is 10.0. The molecule has 4 heterocycles. The predicted octanol–water partition coefficient (Wildman–Crippen LogP) is 3.90. The number of carbonyl (C=O) groups is 1. The monoisotopic (exact) mass is 484 g/mol. The summed E-state index contributed by atoms with van der Waals surface area (Å²) in [4.78, 5) is 19.0. The fourth-order valence-corrected chi connectivity index (χ4v) is 6.50. The van der Waals surface area contributed by atoms with Crippen LogP contribution in [-0.4, -0.2) is 40.6 Å². The van der Waals surface area contributed by atoms with Crippen molar-refractivity contribution in [3.05, 3.63) is 69.8 Å². The van der Waals surface area contributed by atoms with Crippen molar-refractivity contribution in [2.45, 2.75) is 25.9 Å². The van der Waals surface area contributed by atoms with E-state index in [1.54, 1.807) is 41.1 Å². The van der Waals surface area contributed by atoms with Crippen molar-refractivity contribution < 1.29 is 17.6 Å². The van der Waals surface area contributed by atoms with E-state index in [2.05, 4.69) is 10.4 Å². The maximum Gasteiger partial charge on any atom is 0.252 e. The number of benzene rings is 1. The molecular weight excluding hydrogens is 463 g/mol. The fraction of sp³-hybridized carbons (Fsp3) is 0.261. The van der Waals surface area contributed by atoms with Gasteiger partial charge < -0.3 is 5.32 Å². The van der Waals surface area contributed by atoms with Gasteiger partial charge in [-0.3, -0.25) is 4.79 Å². The number of sulfone groups is 1. The number of carbonyl (C=O) groups excluding carboxylic acids is 1. The van der Waals surface area contributed by atoms with E-state index in [0.717, 1.165) is 4.88 Å². The zero-order valence-corrected chi connectivity index (χ0v) is 19.4. The van der Waals surface area contributed by atoms with Crippen LogP contribution in [0.15, 0.2) is 47.8 Å². The zero-order chi connectivity index (χ0) is 23.2. The minimum absolute atomic E-state index is 0.00835. The molecular formula is C23H21FN4O3S2. The highest BCUT2D eigenvalue weighted by Crippen LogP contribution is 2.32. The van der Waals surface area contributed by atoms with Crippen molar-refractivity contribution in [2.24, 2.45) is 0 Å². The fourth-order valence-electron chi connectivity index (χ4n) is 4.16. The van der Waals surface area contributed by atoms with Gasteiger partial charge in [-0.15, -0.1) is 11.3 Å². The van der Waals surface area contributed by atoms with Crippen LogP contribution in [0, 0.1) is 12.7 Å². The highest BCUT2D eigenvalue weighted by Gasteiger charge is 2.32. The first-order chi connectivity index (χ1) is 15.8. The summed E-state index contributed by atoms with van der Waals surface area (Å²) in [5, 5.41) is 10.1. The van der Waals surface area contributed by atoms with Crippen LogP contribution in [-0.2, 0) is 16.4 Å². The van der Waals surface area contributed by atoms with Crippen LogP contribution in [0.25, 0.3) is 22.3 Å². The number of rotatable bonds is 5. The molecule has 1 aromatic carbocycles. The van der Waals surface area contributed by atoms with Gasteiger partial charge in [-0.05, 0) is 55.1 Å². The van der Waals surface area contributed by atoms with Crippen LogP contribution in [0.5, 0.6) is 0 Å². The number of pyridine rings is 1. The molecule has 1 aliphatic heterocycles. The van der Waals surface area contributed by atoms with E-state index in [1.165, 1.54) is 12.1 Å². The highest BCUT2D eigenvalue weighted by atomic mass is 32.2. The largest absolute Gasteiger partial charge is 0.347 e. The van der Waals surface area contributed by atoms with E-state index in [9.17, 15) is 17.6 Å². The van der Waals surface area contributed by atoms with Crippen molar-refractivity contribution in [1.29, 1.82) is 0 Å². The summed E-state index contributed by atoms with van der Waals surface area (Å²) in [6.45, 7) is 2.18. The number of amides is 1. The van der Waals surface area contributed by atoms with Gasteiger partial charge in [-0.25, -0.2) is 22.5 Å². The van der Waals surface area contributed by atoms with Crippen LogP contribution in [0.2, 0.25) is 0 Å². The lowest BCUT2D eigenvalue weighted by Crippen LogP contribution is -2.23. The number of hydrogen-bond donors (Lipinski definition) is 1. The molecule has 1 atom stereocenters. The quantitative estimate of drug-likeness (QED) is 0.464. The lowest BCUT2D eigenvalue weighted by Gasteiger charge is -2.12. The number of halogens is 1. The second-order valence-corrected chi connectivity index (χ2v) is 11.4. The Balaban J connectivity index is 1.63. The Hall–Kier alpha value is -3.11. The van der Waals surface area contributed by atoms with E-state index in [-0.39, 0.29) is 29.3 Å². The molecule has 3 aromatic heterocycles. The number of hydrogen-bond acceptors (Lipinski definition) is 6. The maximum atomic E-state index is 13.5. The number of nitrogens with zero attached hydrogens (tertiary/aromatic N) is 3. The normalized spacial score (nSPS) is 17.5. The van der Waals surface area contributed by atoms with Gasteiger partial charge >= 0.3 is 0 Å². The minimum atomic E-state index is -3.14. The predicted molar refractivity (Wildman–Crippen MR) is 125 cm³/mol. The number of aromatic nitrogens is 3. The van der Waals surface area contributed by atoms with Gasteiger partial charge in [0, 0.05) is 10.4 Å². The third kappa shape index (κ3) is 4.28. The van der Waals surface area contributed by atoms with Crippen molar-refractivity contribution in [1.82, 2.24) is 20.1 Å². The van der Waals surface area contributed by atoms with Gasteiger partial charge in [0.15, 0.2) is 15.5 Å². The van der Waals surface area contributed by atoms with Gasteiger partial charge in [0.1, 0.15) is 5.82 Å². The van der Waals surface area contributed by atoms with Gasteiger partial charge in [0.2, 0.25) is 0 Å². The molecule has 1 amide bonds. The molecule has 1 aliphatic rings. The number of nitrogens with one attached hydrogen (secondary N) is 1. The van der Waals surface area contributed by atoms with E-state index in [0.29, 0.717) is 46.5 Å². The van der Waals surface area contributed by atoms with Gasteiger partial charge in [-0.1, -0.05) is 6.07 Å². The molecule has 1 fully saturated rings. The Morgan fingerprint density at radius 1 is 1.27 bits per heavy atom. The molecule has 7 nitrogen and oxygen atoms in total. The first-order valence-electron chi connectivity index (χ1n) is 10.5. The number of thiophene rings is 1. The third-order valence-corrected chi connectivity index (χ3v) is 8.41. The summed E-state index contributed by atoms with van der Waals surface area (Å²) in [6.07, 6.45) is 0.445. The standard InChI is InChI=1S/C23H21FN4O3S2/c1-14-21-19(23(29)25-12-18-3-2-9-32-18)11-20(15-4-6-16(24)7-5-15)26-22(21)28(27-14)17-8-10-33(30,31)13-17/h2-7,9,11,17H,8,10,12-13H2,1H3,(H,25,29). The van der Waals surface area contributed by atoms with E-state index in [4.69, 9.17) is 4.98 Å². The molecule has 10 heteroatoms. The molecule has 5 rings (SSSR count). The maximum absolute atomic E-state index is 13.5. The molecule has 170 valence electrons. The van der Waals surface area contributed by atoms with Crippen LogP contribution in [0.3, 0.4) is 0 Å². The SMILES string of the molecule is Cc1nn(C2CCS(=O)(=O)C2)c2nc(-c3ccc(F)cc3)cc(C(=O)NCc3cccs3)c12. The van der Waals surface area contributed by atoms with Crippen LogP contribution < -0.4 is 5.32 Å². The Morgan fingerprint density at radius 2 is 2.06 bits per heavy atom. The summed E-state index contributed by atoms with van der Waals surface area (Å²) in [5.74, 6) is -0.554. The van der Waals surface area contributed by atoms with Crippen LogP contribution >= 0.6 is 11.3 Å². The zero-order valence-electron chi connectivity index (χ0n) is 17.8. The van der Waals surface area contributed by atoms with E-state index >= 15 is 0 Å². The average molecular weight is 485 g/mol. The van der Waals surface area contributed by atoms with Crippen LogP contribution in [0.4, 0.5) is 4.39 Å². The Kier molecular flexibility index (Phi) is 5.49. The second kappa shape index (κ2) is 8.35. The molecule has 0 spiro atoms. The van der Waals surface area contributed by atoms with Gasteiger partial charge in [-0.2, -0.15) is 5.10 Å². The van der Waals surface area contributed by atoms with Crippen molar-refractivity contribution in [3.63, 3.8) is 0 Å². The summed E-state index contributed by atoms with van der Waals surface area (Å²) in [6, 6.07) is 11.1. The molecule has 0 aliphatic carbocycles. The van der Waals surface area contributed by atoms with Gasteiger partial charge in [0.25, 0.3) is 5.91 Å². The van der Waals surface area contributed by atoms with E-state index < -0.39 is 9.84 Å². The van der Waals surface area contributed by atoms with Gasteiger partial charge in [0.05, 0.1) is 46.4 Å². The molecule has 4 aromatic rings. The second-order valence-electron chi connectivity index (χ2n) is 8.11. The van der Waals surface area contributed by atoms with E-state index in [1.807, 2.05) is 17.5 Å². The number of aryl methyl sites for hydroxylation is 1. The first kappa shape index (κ1) is 21.7. The Bertz CT molecular complexity index is 1450. The average Bonchev–Trinajstić information content (AvgIpc) is 3.51. The smallest absolute Gasteiger partial charge is 0.252 e. The summed E-state index contributed by atoms with van der Waals surface area (Å²) < 4.78 is 39.3. The van der Waals surface area contributed by atoms with Crippen LogP contribution in [0.1, 0.15) is 33.4 Å². The summed E-state index contributed by atoms with van der Waals surface area (Å²) >= 11 is 1.55. The Morgan fingerprint density at radius 3 is 2.73 bits per heavy atom. The topological polar surface area (TPSA) is 93.9 Å². The molecule has 0 saturated carbocycles. The van der Waals surface area contributed by atoms with Crippen molar-refractivity contribution >= 4 is 38.1 Å². The molecule has 0 bridgehead atoms. The number of fused-ring (bicyclic) bond motifs is 1. The summed E-state index contributed by atoms with van der Waals surface area (Å²) in [5.41, 5.74) is 2.60. The molecule has 1 N–H and O–H groups in total. The molecule has 1 saturated heterocycles. The minimum Gasteiger partial charge on any atom is -0.347 e. The molecule has 33 heavy (non-hydrogen) atoms. The molecule has 1 unspecified atom stereocenters. The Labute approximate surface area is 194 Å². The van der Waals surface area contributed by atoms with Crippen molar-refractivity contribution in [3.8, 4) is 11.3 Å². The lowest BCUT2D eigenvalue weighted by molar-refractivity contribution is 0.0953. The highest BCUT2D eigenvalue weighted by molar-refractivity contribution is 7.91. The molecule has 0 radical (unpaired) electrons. The van der Waals surface area contributed by atoms with Crippen molar-refractivity contribution in [2.75, 3.05) is 11.5 Å².